The van der Waals surface area contributed by atoms with Gasteiger partial charge in [-0.05, 0) is 46.9 Å². The van der Waals surface area contributed by atoms with Crippen molar-refractivity contribution in [3.63, 3.8) is 0 Å². The van der Waals surface area contributed by atoms with Crippen LogP contribution in [0.4, 0.5) is 5.82 Å². The molecule has 1 atom stereocenters. The van der Waals surface area contributed by atoms with Gasteiger partial charge in [0.05, 0.1) is 5.69 Å². The fraction of sp³-hybridized carbons (Fsp3) is 0.136. The van der Waals surface area contributed by atoms with Crippen LogP contribution in [0, 0.1) is 13.8 Å². The van der Waals surface area contributed by atoms with Crippen LogP contribution < -0.4 is 10.9 Å². The van der Waals surface area contributed by atoms with E-state index in [1.165, 1.54) is 23.0 Å². The third-order valence-corrected chi connectivity index (χ3v) is 6.15. The quantitative estimate of drug-likeness (QED) is 0.479. The van der Waals surface area contributed by atoms with Gasteiger partial charge in [0, 0.05) is 28.6 Å². The lowest BCUT2D eigenvalue weighted by Crippen LogP contribution is -2.29. The Balaban J connectivity index is 1.75. The van der Waals surface area contributed by atoms with Gasteiger partial charge in [0.15, 0.2) is 5.65 Å². The highest BCUT2D eigenvalue weighted by atomic mass is 32.2. The average molecular weight is 436 g/mol. The van der Waals surface area contributed by atoms with E-state index in [0.29, 0.717) is 16.2 Å². The first kappa shape index (κ1) is 20.5. The van der Waals surface area contributed by atoms with E-state index in [0.717, 1.165) is 16.8 Å². The molecule has 0 aliphatic rings. The fourth-order valence-electron chi connectivity index (χ4n) is 3.39. The molecule has 1 unspecified atom stereocenters. The van der Waals surface area contributed by atoms with Crippen LogP contribution in [0.2, 0.25) is 0 Å². The maximum Gasteiger partial charge on any atom is 0.285 e. The lowest BCUT2D eigenvalue weighted by molar-refractivity contribution is 0.102. The number of hydrogen-bond donors (Lipinski definition) is 2. The lowest BCUT2D eigenvalue weighted by Gasteiger charge is -2.08. The summed E-state index contributed by atoms with van der Waals surface area (Å²) >= 11 is 0. The standard InChI is InChI=1S/C22H21N5O3S/c1-13-19(21(28)25-17-11-10-16(12-23-17)31(3,4)30)22(29)27-20(24-13)18(14(2)26-27)15-8-6-5-7-9-15/h5-12,26H,3H2,1-2,4H3,(H,23,25,28). The minimum absolute atomic E-state index is 0.0827. The number of hydrogen-bond acceptors (Lipinski definition) is 5. The molecule has 0 saturated heterocycles. The van der Waals surface area contributed by atoms with E-state index in [4.69, 9.17) is 0 Å². The van der Waals surface area contributed by atoms with E-state index < -0.39 is 21.0 Å². The van der Waals surface area contributed by atoms with Crippen LogP contribution in [0.1, 0.15) is 21.7 Å². The predicted octanol–water partition coefficient (Wildman–Crippen LogP) is 2.66. The molecule has 0 saturated carbocycles. The number of fused-ring (bicyclic) bond motifs is 1. The summed E-state index contributed by atoms with van der Waals surface area (Å²) in [5.74, 6) is 3.22. The van der Waals surface area contributed by atoms with Gasteiger partial charge in [-0.3, -0.25) is 18.9 Å². The van der Waals surface area contributed by atoms with E-state index >= 15 is 0 Å². The Morgan fingerprint density at radius 3 is 2.48 bits per heavy atom. The van der Waals surface area contributed by atoms with Gasteiger partial charge in [0.2, 0.25) is 0 Å². The number of aromatic amines is 1. The zero-order valence-electron chi connectivity index (χ0n) is 17.3. The normalized spacial score (nSPS) is 13.1. The lowest BCUT2D eigenvalue weighted by atomic mass is 10.1. The predicted molar refractivity (Wildman–Crippen MR) is 122 cm³/mol. The van der Waals surface area contributed by atoms with Crippen molar-refractivity contribution in [1.29, 1.82) is 0 Å². The number of H-pyrrole nitrogens is 1. The molecule has 3 aromatic heterocycles. The smallest absolute Gasteiger partial charge is 0.285 e. The Bertz CT molecular complexity index is 1470. The number of amides is 1. The summed E-state index contributed by atoms with van der Waals surface area (Å²) in [6.45, 7) is 3.48. The summed E-state index contributed by atoms with van der Waals surface area (Å²) in [6, 6.07) is 12.7. The van der Waals surface area contributed by atoms with Gasteiger partial charge in [0.1, 0.15) is 11.4 Å². The topological polar surface area (TPSA) is 109 Å². The van der Waals surface area contributed by atoms with Crippen molar-refractivity contribution < 1.29 is 9.00 Å². The van der Waals surface area contributed by atoms with Crippen molar-refractivity contribution in [2.75, 3.05) is 11.6 Å². The monoisotopic (exact) mass is 435 g/mol. The van der Waals surface area contributed by atoms with E-state index in [9.17, 15) is 13.8 Å². The summed E-state index contributed by atoms with van der Waals surface area (Å²) < 4.78 is 13.3. The molecule has 0 radical (unpaired) electrons. The Morgan fingerprint density at radius 2 is 1.87 bits per heavy atom. The molecule has 0 aliphatic heterocycles. The molecule has 1 aromatic carbocycles. The minimum Gasteiger partial charge on any atom is -0.306 e. The first-order chi connectivity index (χ1) is 14.7. The summed E-state index contributed by atoms with van der Waals surface area (Å²) in [5.41, 5.74) is 2.67. The SMILES string of the molecule is C=S(C)(=O)c1ccc(NC(=O)c2c(C)nc3c(-c4ccccc4)c(C)[nH]n3c2=O)nc1. The van der Waals surface area contributed by atoms with Crippen molar-refractivity contribution in [3.8, 4) is 11.1 Å². The van der Waals surface area contributed by atoms with Gasteiger partial charge < -0.3 is 5.32 Å². The van der Waals surface area contributed by atoms with Crippen molar-refractivity contribution >= 4 is 32.8 Å². The third kappa shape index (κ3) is 3.75. The molecule has 9 heteroatoms. The van der Waals surface area contributed by atoms with Gasteiger partial charge in [-0.1, -0.05) is 30.3 Å². The highest BCUT2D eigenvalue weighted by Gasteiger charge is 2.22. The van der Waals surface area contributed by atoms with Crippen LogP contribution in [-0.2, 0) is 9.52 Å². The number of carbonyl (C=O) groups is 1. The van der Waals surface area contributed by atoms with Gasteiger partial charge in [-0.25, -0.2) is 14.5 Å². The van der Waals surface area contributed by atoms with Crippen LogP contribution >= 0.6 is 0 Å². The van der Waals surface area contributed by atoms with Crippen molar-refractivity contribution in [2.24, 2.45) is 0 Å². The van der Waals surface area contributed by atoms with E-state index in [1.54, 1.807) is 13.0 Å². The zero-order chi connectivity index (χ0) is 22.3. The Labute approximate surface area is 179 Å². The maximum atomic E-state index is 13.1. The Hall–Kier alpha value is -3.72. The van der Waals surface area contributed by atoms with Crippen LogP contribution in [-0.4, -0.2) is 41.8 Å². The molecule has 0 bridgehead atoms. The first-order valence-corrected chi connectivity index (χ1v) is 11.6. The number of aryl methyl sites for hydroxylation is 2. The molecular weight excluding hydrogens is 414 g/mol. The number of benzene rings is 1. The first-order valence-electron chi connectivity index (χ1n) is 9.44. The van der Waals surface area contributed by atoms with Crippen LogP contribution in [0.25, 0.3) is 16.8 Å². The fourth-order valence-corrected chi connectivity index (χ4v) is 4.02. The molecular formula is C22H21N5O3S. The zero-order valence-corrected chi connectivity index (χ0v) is 18.1. The van der Waals surface area contributed by atoms with Crippen molar-refractivity contribution in [3.05, 3.63) is 76.0 Å². The number of nitrogens with one attached hydrogen (secondary N) is 2. The second-order valence-electron chi connectivity index (χ2n) is 7.35. The molecule has 3 heterocycles. The minimum atomic E-state index is -2.41. The van der Waals surface area contributed by atoms with Gasteiger partial charge >= 0.3 is 0 Å². The highest BCUT2D eigenvalue weighted by Crippen LogP contribution is 2.26. The Kier molecular flexibility index (Phi) is 4.98. The number of aromatic nitrogens is 4. The molecule has 0 aliphatic carbocycles. The van der Waals surface area contributed by atoms with Gasteiger partial charge in [0.25, 0.3) is 11.5 Å². The van der Waals surface area contributed by atoms with Gasteiger partial charge in [-0.2, -0.15) is 0 Å². The van der Waals surface area contributed by atoms with Gasteiger partial charge in [-0.15, -0.1) is 0 Å². The molecule has 4 rings (SSSR count). The van der Waals surface area contributed by atoms with E-state index in [-0.39, 0.29) is 11.4 Å². The van der Waals surface area contributed by atoms with E-state index in [1.807, 2.05) is 37.3 Å². The highest BCUT2D eigenvalue weighted by molar-refractivity contribution is 7.99. The number of carbonyl (C=O) groups excluding carboxylic acids is 1. The second-order valence-corrected chi connectivity index (χ2v) is 9.83. The number of anilines is 1. The average Bonchev–Trinajstić information content (AvgIpc) is 3.04. The third-order valence-electron chi connectivity index (χ3n) is 4.91. The summed E-state index contributed by atoms with van der Waals surface area (Å²) in [5, 5.41) is 5.62. The summed E-state index contributed by atoms with van der Waals surface area (Å²) in [6.07, 6.45) is 2.90. The number of nitrogens with zero attached hydrogens (tertiary/aromatic N) is 3. The van der Waals surface area contributed by atoms with Crippen molar-refractivity contribution in [2.45, 2.75) is 18.7 Å². The summed E-state index contributed by atoms with van der Waals surface area (Å²) in [4.78, 5) is 35.1. The number of rotatable bonds is 4. The second kappa shape index (κ2) is 7.51. The molecule has 0 spiro atoms. The number of pyridine rings is 1. The Morgan fingerprint density at radius 1 is 1.16 bits per heavy atom. The molecule has 158 valence electrons. The van der Waals surface area contributed by atoms with E-state index in [2.05, 4.69) is 26.3 Å². The largest absolute Gasteiger partial charge is 0.306 e. The molecule has 8 nitrogen and oxygen atoms in total. The molecule has 0 fully saturated rings. The molecule has 2 N–H and O–H groups in total. The summed E-state index contributed by atoms with van der Waals surface area (Å²) in [7, 11) is -2.41. The molecule has 31 heavy (non-hydrogen) atoms. The van der Waals surface area contributed by atoms with Crippen molar-refractivity contribution in [1.82, 2.24) is 19.6 Å². The maximum absolute atomic E-state index is 13.1. The van der Waals surface area contributed by atoms with Crippen LogP contribution in [0.15, 0.2) is 58.4 Å². The van der Waals surface area contributed by atoms with Crippen LogP contribution in [0.5, 0.6) is 0 Å². The molecule has 4 aromatic rings. The molecule has 1 amide bonds. The van der Waals surface area contributed by atoms with Crippen LogP contribution in [0.3, 0.4) is 0 Å².